The van der Waals surface area contributed by atoms with Gasteiger partial charge in [-0.1, -0.05) is 6.92 Å². The maximum Gasteiger partial charge on any atom is 0.158 e. The number of aromatic nitrogens is 4. The summed E-state index contributed by atoms with van der Waals surface area (Å²) in [6.07, 6.45) is 1.14. The van der Waals surface area contributed by atoms with Crippen LogP contribution in [0, 0.1) is 12.8 Å². The van der Waals surface area contributed by atoms with Crippen molar-refractivity contribution in [3.63, 3.8) is 0 Å². The van der Waals surface area contributed by atoms with Crippen LogP contribution in [0.3, 0.4) is 0 Å². The van der Waals surface area contributed by atoms with Gasteiger partial charge in [-0.05, 0) is 32.9 Å². The van der Waals surface area contributed by atoms with Crippen LogP contribution in [-0.2, 0) is 12.9 Å². The lowest BCUT2D eigenvalue weighted by atomic mass is 9.94. The summed E-state index contributed by atoms with van der Waals surface area (Å²) in [7, 11) is 4.18. The first kappa shape index (κ1) is 13.9. The summed E-state index contributed by atoms with van der Waals surface area (Å²) in [5.41, 5.74) is 3.09. The van der Waals surface area contributed by atoms with Gasteiger partial charge < -0.3 is 9.47 Å². The van der Waals surface area contributed by atoms with Crippen LogP contribution in [-0.4, -0.2) is 44.4 Å². The van der Waals surface area contributed by atoms with Gasteiger partial charge in [-0.2, -0.15) is 5.10 Å². The molecule has 2 atom stereocenters. The van der Waals surface area contributed by atoms with Crippen LogP contribution in [0.1, 0.15) is 30.9 Å². The van der Waals surface area contributed by atoms with E-state index in [9.17, 15) is 0 Å². The van der Waals surface area contributed by atoms with Crippen molar-refractivity contribution in [1.29, 1.82) is 0 Å². The fraction of sp³-hybridized carbons (Fsp3) is 0.714. The third-order valence-electron chi connectivity index (χ3n) is 4.42. The molecule has 0 aromatic carbocycles. The van der Waals surface area contributed by atoms with Crippen LogP contribution in [0.5, 0.6) is 0 Å². The summed E-state index contributed by atoms with van der Waals surface area (Å²) in [6, 6.07) is 0.458. The topological polar surface area (TPSA) is 38.9 Å². The maximum atomic E-state index is 6.14. The Morgan fingerprint density at radius 3 is 2.75 bits per heavy atom. The molecule has 1 aliphatic rings. The molecule has 3 heterocycles. The van der Waals surface area contributed by atoms with Crippen LogP contribution in [0.2, 0.25) is 0 Å². The molecule has 1 fully saturated rings. The molecule has 2 aromatic heterocycles. The van der Waals surface area contributed by atoms with Crippen molar-refractivity contribution in [1.82, 2.24) is 24.2 Å². The molecule has 2 aromatic rings. The van der Waals surface area contributed by atoms with Crippen molar-refractivity contribution < 1.29 is 0 Å². The molecular formula is C14H22ClN5. The van der Waals surface area contributed by atoms with Crippen LogP contribution in [0.25, 0.3) is 11.2 Å². The molecule has 0 radical (unpaired) electrons. The van der Waals surface area contributed by atoms with E-state index in [2.05, 4.69) is 28.5 Å². The maximum absolute atomic E-state index is 6.14. The van der Waals surface area contributed by atoms with E-state index in [1.54, 1.807) is 0 Å². The third-order valence-corrected chi connectivity index (χ3v) is 4.66. The molecule has 1 saturated heterocycles. The Balaban J connectivity index is 2.14. The van der Waals surface area contributed by atoms with Crippen molar-refractivity contribution >= 4 is 22.8 Å². The van der Waals surface area contributed by atoms with Crippen molar-refractivity contribution in [3.8, 4) is 0 Å². The van der Waals surface area contributed by atoms with Gasteiger partial charge in [0, 0.05) is 19.6 Å². The van der Waals surface area contributed by atoms with Gasteiger partial charge in [0.25, 0.3) is 0 Å². The predicted molar refractivity (Wildman–Crippen MR) is 81.1 cm³/mol. The molecule has 0 aliphatic carbocycles. The van der Waals surface area contributed by atoms with Gasteiger partial charge in [-0.15, -0.1) is 11.6 Å². The fourth-order valence-corrected chi connectivity index (χ4v) is 3.70. The van der Waals surface area contributed by atoms with Gasteiger partial charge in [0.15, 0.2) is 5.65 Å². The van der Waals surface area contributed by atoms with E-state index < -0.39 is 0 Å². The van der Waals surface area contributed by atoms with E-state index in [1.807, 2.05) is 18.7 Å². The highest BCUT2D eigenvalue weighted by molar-refractivity contribution is 6.16. The van der Waals surface area contributed by atoms with Gasteiger partial charge in [0.05, 0.1) is 11.6 Å². The minimum absolute atomic E-state index is 0.452. The average molecular weight is 296 g/mol. The summed E-state index contributed by atoms with van der Waals surface area (Å²) in [6.45, 7) is 6.55. The fourth-order valence-electron chi connectivity index (χ4n) is 3.51. The quantitative estimate of drug-likeness (QED) is 0.798. The average Bonchev–Trinajstić information content (AvgIpc) is 2.89. The van der Waals surface area contributed by atoms with Crippen molar-refractivity contribution in [2.45, 2.75) is 32.2 Å². The number of alkyl halides is 1. The number of imidazole rings is 1. The van der Waals surface area contributed by atoms with E-state index in [0.29, 0.717) is 17.8 Å². The second-order valence-corrected chi connectivity index (χ2v) is 6.28. The van der Waals surface area contributed by atoms with Crippen molar-refractivity contribution in [2.75, 3.05) is 20.1 Å². The molecular weight excluding hydrogens is 274 g/mol. The zero-order valence-corrected chi connectivity index (χ0v) is 13.4. The number of hydrogen-bond donors (Lipinski definition) is 0. The molecule has 110 valence electrons. The predicted octanol–water partition coefficient (Wildman–Crippen LogP) is 2.33. The van der Waals surface area contributed by atoms with E-state index in [0.717, 1.165) is 42.2 Å². The molecule has 0 spiro atoms. The zero-order valence-electron chi connectivity index (χ0n) is 12.6. The molecule has 0 saturated carbocycles. The molecule has 5 nitrogen and oxygen atoms in total. The van der Waals surface area contributed by atoms with Crippen LogP contribution >= 0.6 is 11.6 Å². The molecule has 1 aliphatic heterocycles. The summed E-state index contributed by atoms with van der Waals surface area (Å²) >= 11 is 6.14. The molecule has 20 heavy (non-hydrogen) atoms. The monoisotopic (exact) mass is 295 g/mol. The second-order valence-electron chi connectivity index (χ2n) is 6.01. The standard InChI is InChI=1S/C14H22ClN5/c1-9-8-18(3)6-5-11(9)20-12(7-15)16-13-10(2)17-19(4)14(13)20/h9,11H,5-8H2,1-4H3. The highest BCUT2D eigenvalue weighted by Gasteiger charge is 2.30. The Bertz CT molecular complexity index is 629. The first-order valence-electron chi connectivity index (χ1n) is 7.17. The summed E-state index contributed by atoms with van der Waals surface area (Å²) in [5, 5.41) is 4.50. The molecule has 6 heteroatoms. The molecule has 0 N–H and O–H groups in total. The van der Waals surface area contributed by atoms with Crippen molar-refractivity contribution in [2.24, 2.45) is 13.0 Å². The highest BCUT2D eigenvalue weighted by atomic mass is 35.5. The van der Waals surface area contributed by atoms with Gasteiger partial charge in [-0.3, -0.25) is 4.68 Å². The third kappa shape index (κ3) is 2.04. The Labute approximate surface area is 124 Å². The first-order valence-corrected chi connectivity index (χ1v) is 7.71. The summed E-state index contributed by atoms with van der Waals surface area (Å²) in [4.78, 5) is 7.11. The normalized spacial score (nSPS) is 24.6. The number of aryl methyl sites for hydroxylation is 2. The van der Waals surface area contributed by atoms with E-state index in [4.69, 9.17) is 16.6 Å². The number of rotatable bonds is 2. The van der Waals surface area contributed by atoms with Gasteiger partial charge in [0.2, 0.25) is 0 Å². The minimum atomic E-state index is 0.452. The lowest BCUT2D eigenvalue weighted by Gasteiger charge is -2.36. The Morgan fingerprint density at radius 2 is 2.10 bits per heavy atom. The van der Waals surface area contributed by atoms with Gasteiger partial charge in [-0.25, -0.2) is 4.98 Å². The lowest BCUT2D eigenvalue weighted by Crippen LogP contribution is -2.38. The van der Waals surface area contributed by atoms with Gasteiger partial charge >= 0.3 is 0 Å². The van der Waals surface area contributed by atoms with Gasteiger partial charge in [0.1, 0.15) is 11.3 Å². The lowest BCUT2D eigenvalue weighted by molar-refractivity contribution is 0.159. The number of nitrogens with zero attached hydrogens (tertiary/aromatic N) is 5. The Kier molecular flexibility index (Phi) is 3.50. The number of likely N-dealkylation sites (tertiary alicyclic amines) is 1. The summed E-state index contributed by atoms with van der Waals surface area (Å²) < 4.78 is 4.28. The zero-order chi connectivity index (χ0) is 14.4. The number of piperidine rings is 1. The molecule has 0 bridgehead atoms. The molecule has 0 amide bonds. The smallest absolute Gasteiger partial charge is 0.158 e. The first-order chi connectivity index (χ1) is 9.52. The largest absolute Gasteiger partial charge is 0.308 e. The summed E-state index contributed by atoms with van der Waals surface area (Å²) in [5.74, 6) is 2.01. The number of fused-ring (bicyclic) bond motifs is 1. The van der Waals surface area contributed by atoms with Crippen LogP contribution in [0.4, 0.5) is 0 Å². The highest BCUT2D eigenvalue weighted by Crippen LogP contribution is 2.33. The van der Waals surface area contributed by atoms with E-state index in [-0.39, 0.29) is 0 Å². The Hall–Kier alpha value is -1.07. The van der Waals surface area contributed by atoms with Crippen LogP contribution < -0.4 is 0 Å². The Morgan fingerprint density at radius 1 is 1.35 bits per heavy atom. The van der Waals surface area contributed by atoms with Crippen LogP contribution in [0.15, 0.2) is 0 Å². The van der Waals surface area contributed by atoms with E-state index in [1.165, 1.54) is 0 Å². The number of halogens is 1. The minimum Gasteiger partial charge on any atom is -0.308 e. The molecule has 2 unspecified atom stereocenters. The van der Waals surface area contributed by atoms with E-state index >= 15 is 0 Å². The van der Waals surface area contributed by atoms with Crippen molar-refractivity contribution in [3.05, 3.63) is 11.5 Å². The molecule has 3 rings (SSSR count). The SMILES string of the molecule is Cc1nn(C)c2c1nc(CCl)n2C1CCN(C)CC1C. The second kappa shape index (κ2) is 5.04. The number of hydrogen-bond acceptors (Lipinski definition) is 3.